The third-order valence-electron chi connectivity index (χ3n) is 3.91. The van der Waals surface area contributed by atoms with Crippen molar-refractivity contribution in [3.63, 3.8) is 0 Å². The lowest BCUT2D eigenvalue weighted by molar-refractivity contribution is 0.0956. The highest BCUT2D eigenvalue weighted by Gasteiger charge is 2.18. The smallest absolute Gasteiger partial charge is 0.252 e. The average molecular weight is 410 g/mol. The van der Waals surface area contributed by atoms with Gasteiger partial charge in [-0.15, -0.1) is 0 Å². The van der Waals surface area contributed by atoms with E-state index in [-0.39, 0.29) is 12.5 Å². The van der Waals surface area contributed by atoms with Gasteiger partial charge in [-0.2, -0.15) is 0 Å². The first kappa shape index (κ1) is 22.6. The van der Waals surface area contributed by atoms with E-state index in [1.54, 1.807) is 36.4 Å². The van der Waals surface area contributed by atoms with E-state index in [9.17, 15) is 9.59 Å². The van der Waals surface area contributed by atoms with Crippen LogP contribution in [0.25, 0.3) is 0 Å². The van der Waals surface area contributed by atoms with Crippen molar-refractivity contribution in [3.05, 3.63) is 53.1 Å². The molecule has 0 aliphatic carbocycles. The number of nitrogens with one attached hydrogen (secondary N) is 1. The fraction of sp³-hybridized carbons (Fsp3) is 0.304. The van der Waals surface area contributed by atoms with Crippen LogP contribution in [0, 0.1) is 11.8 Å². The summed E-state index contributed by atoms with van der Waals surface area (Å²) in [5.41, 5.74) is 6.73. The van der Waals surface area contributed by atoms with Crippen LogP contribution in [-0.4, -0.2) is 38.2 Å². The van der Waals surface area contributed by atoms with Crippen LogP contribution >= 0.6 is 0 Å². The Morgan fingerprint density at radius 2 is 1.47 bits per heavy atom. The highest BCUT2D eigenvalue weighted by atomic mass is 16.5. The molecule has 0 bridgehead atoms. The van der Waals surface area contributed by atoms with Crippen molar-refractivity contribution in [1.29, 1.82) is 0 Å². The topological polar surface area (TPSA) is 99.9 Å². The Morgan fingerprint density at radius 3 is 1.97 bits per heavy atom. The average Bonchev–Trinajstić information content (AvgIpc) is 2.73. The van der Waals surface area contributed by atoms with Crippen LogP contribution in [0.4, 0.5) is 0 Å². The van der Waals surface area contributed by atoms with E-state index < -0.39 is 5.91 Å². The Morgan fingerprint density at radius 1 is 0.900 bits per heavy atom. The maximum atomic E-state index is 12.6. The predicted molar refractivity (Wildman–Crippen MR) is 114 cm³/mol. The van der Waals surface area contributed by atoms with Crippen LogP contribution in [-0.2, 0) is 0 Å². The molecule has 30 heavy (non-hydrogen) atoms. The van der Waals surface area contributed by atoms with Crippen molar-refractivity contribution < 1.29 is 23.8 Å². The monoisotopic (exact) mass is 410 g/mol. The third-order valence-corrected chi connectivity index (χ3v) is 3.91. The number of ether oxygens (including phenoxy) is 3. The minimum Gasteiger partial charge on any atom is -0.490 e. The fourth-order valence-electron chi connectivity index (χ4n) is 2.61. The second kappa shape index (κ2) is 11.4. The Balaban J connectivity index is 2.11. The number of carbonyl (C=O) groups excluding carboxylic acids is 2. The third kappa shape index (κ3) is 6.17. The standard InChI is InChI=1S/C23H26N2O5/c1-4-28-19-14-18(15-20(29-5-2)21(19)30-6-3)23(27)25-13-7-8-16-9-11-17(12-10-16)22(24)26/h9-12,14-15H,4-6,13H2,1-3H3,(H2,24,26)(H,25,27). The van der Waals surface area contributed by atoms with Gasteiger partial charge in [-0.1, -0.05) is 11.8 Å². The van der Waals surface area contributed by atoms with Gasteiger partial charge < -0.3 is 25.3 Å². The summed E-state index contributed by atoms with van der Waals surface area (Å²) in [6, 6.07) is 9.86. The highest BCUT2D eigenvalue weighted by Crippen LogP contribution is 2.39. The number of rotatable bonds is 9. The summed E-state index contributed by atoms with van der Waals surface area (Å²) in [7, 11) is 0. The van der Waals surface area contributed by atoms with Crippen molar-refractivity contribution in [2.45, 2.75) is 20.8 Å². The number of benzene rings is 2. The molecule has 3 N–H and O–H groups in total. The summed E-state index contributed by atoms with van der Waals surface area (Å²) >= 11 is 0. The molecule has 0 unspecified atom stereocenters. The van der Waals surface area contributed by atoms with Gasteiger partial charge in [-0.25, -0.2) is 0 Å². The number of amides is 2. The molecule has 0 radical (unpaired) electrons. The molecule has 7 heteroatoms. The summed E-state index contributed by atoms with van der Waals surface area (Å²) in [6.45, 7) is 7.03. The van der Waals surface area contributed by atoms with Crippen LogP contribution in [0.15, 0.2) is 36.4 Å². The molecule has 0 spiro atoms. The SMILES string of the molecule is CCOc1cc(C(=O)NCC#Cc2ccc(C(N)=O)cc2)cc(OCC)c1OCC. The molecule has 0 aromatic heterocycles. The second-order valence-electron chi connectivity index (χ2n) is 6.03. The second-order valence-corrected chi connectivity index (χ2v) is 6.03. The van der Waals surface area contributed by atoms with E-state index in [0.29, 0.717) is 53.8 Å². The van der Waals surface area contributed by atoms with E-state index in [4.69, 9.17) is 19.9 Å². The molecule has 2 aromatic carbocycles. The van der Waals surface area contributed by atoms with Crippen molar-refractivity contribution >= 4 is 11.8 Å². The van der Waals surface area contributed by atoms with Crippen LogP contribution in [0.2, 0.25) is 0 Å². The zero-order chi connectivity index (χ0) is 21.9. The fourth-order valence-corrected chi connectivity index (χ4v) is 2.61. The lowest BCUT2D eigenvalue weighted by Gasteiger charge is -2.16. The first-order valence-corrected chi connectivity index (χ1v) is 9.73. The molecule has 0 atom stereocenters. The van der Waals surface area contributed by atoms with Gasteiger partial charge in [0.15, 0.2) is 11.5 Å². The van der Waals surface area contributed by atoms with E-state index in [0.717, 1.165) is 0 Å². The number of nitrogens with two attached hydrogens (primary N) is 1. The molecule has 2 rings (SSSR count). The molecule has 7 nitrogen and oxygen atoms in total. The Bertz CT molecular complexity index is 915. The molecule has 0 saturated carbocycles. The lowest BCUT2D eigenvalue weighted by atomic mass is 10.1. The Hall–Kier alpha value is -3.66. The van der Waals surface area contributed by atoms with Gasteiger partial charge in [-0.3, -0.25) is 9.59 Å². The Labute approximate surface area is 176 Å². The Kier molecular flexibility index (Phi) is 8.57. The number of primary amides is 1. The quantitative estimate of drug-likeness (QED) is 0.619. The summed E-state index contributed by atoms with van der Waals surface area (Å²) in [5.74, 6) is 6.39. The highest BCUT2D eigenvalue weighted by molar-refractivity contribution is 5.95. The minimum absolute atomic E-state index is 0.150. The van der Waals surface area contributed by atoms with Gasteiger partial charge in [0.2, 0.25) is 11.7 Å². The molecule has 0 aliphatic rings. The maximum absolute atomic E-state index is 12.6. The van der Waals surface area contributed by atoms with Crippen LogP contribution in [0.1, 0.15) is 47.1 Å². The molecule has 2 aromatic rings. The van der Waals surface area contributed by atoms with Gasteiger partial charge in [0.05, 0.1) is 26.4 Å². The van der Waals surface area contributed by atoms with E-state index in [1.807, 2.05) is 20.8 Å². The molecule has 0 saturated heterocycles. The van der Waals surface area contributed by atoms with Crippen molar-refractivity contribution in [3.8, 4) is 29.1 Å². The first-order valence-electron chi connectivity index (χ1n) is 9.73. The van der Waals surface area contributed by atoms with Crippen molar-refractivity contribution in [2.24, 2.45) is 5.73 Å². The number of hydrogen-bond donors (Lipinski definition) is 2. The normalized spacial score (nSPS) is 9.83. The number of hydrogen-bond acceptors (Lipinski definition) is 5. The van der Waals surface area contributed by atoms with Gasteiger partial charge in [-0.05, 0) is 57.2 Å². The molecule has 0 heterocycles. The summed E-state index contributed by atoms with van der Waals surface area (Å²) in [4.78, 5) is 23.7. The lowest BCUT2D eigenvalue weighted by Crippen LogP contribution is -2.23. The van der Waals surface area contributed by atoms with Crippen LogP contribution in [0.5, 0.6) is 17.2 Å². The summed E-state index contributed by atoms with van der Waals surface area (Å²) < 4.78 is 16.9. The van der Waals surface area contributed by atoms with Crippen LogP contribution < -0.4 is 25.3 Å². The minimum atomic E-state index is -0.491. The van der Waals surface area contributed by atoms with Gasteiger partial charge in [0.1, 0.15) is 0 Å². The van der Waals surface area contributed by atoms with Gasteiger partial charge >= 0.3 is 0 Å². The molecular formula is C23H26N2O5. The van der Waals surface area contributed by atoms with E-state index in [2.05, 4.69) is 17.2 Å². The molecule has 0 fully saturated rings. The summed E-state index contributed by atoms with van der Waals surface area (Å²) in [5, 5.41) is 2.75. The first-order chi connectivity index (χ1) is 14.5. The van der Waals surface area contributed by atoms with Crippen LogP contribution in [0.3, 0.4) is 0 Å². The van der Waals surface area contributed by atoms with Gasteiger partial charge in [0, 0.05) is 16.7 Å². The zero-order valence-electron chi connectivity index (χ0n) is 17.4. The molecule has 158 valence electrons. The zero-order valence-corrected chi connectivity index (χ0v) is 17.4. The van der Waals surface area contributed by atoms with E-state index in [1.165, 1.54) is 0 Å². The van der Waals surface area contributed by atoms with Crippen molar-refractivity contribution in [1.82, 2.24) is 5.32 Å². The largest absolute Gasteiger partial charge is 0.490 e. The van der Waals surface area contributed by atoms with Gasteiger partial charge in [0.25, 0.3) is 5.91 Å². The number of carbonyl (C=O) groups is 2. The summed E-state index contributed by atoms with van der Waals surface area (Å²) in [6.07, 6.45) is 0. The predicted octanol–water partition coefficient (Wildman–Crippen LogP) is 2.76. The van der Waals surface area contributed by atoms with E-state index >= 15 is 0 Å². The molecule has 2 amide bonds. The maximum Gasteiger partial charge on any atom is 0.252 e. The molecule has 0 aliphatic heterocycles. The molecular weight excluding hydrogens is 384 g/mol. The van der Waals surface area contributed by atoms with Crippen molar-refractivity contribution in [2.75, 3.05) is 26.4 Å².